The fourth-order valence-electron chi connectivity index (χ4n) is 2.43. The summed E-state index contributed by atoms with van der Waals surface area (Å²) in [5.41, 5.74) is 1.16. The molecule has 0 radical (unpaired) electrons. The lowest BCUT2D eigenvalue weighted by molar-refractivity contribution is -0.141. The molecule has 2 aromatic carbocycles. The van der Waals surface area contributed by atoms with Crippen LogP contribution in [0.5, 0.6) is 5.75 Å². The van der Waals surface area contributed by atoms with Crippen LogP contribution in [0.1, 0.15) is 32.3 Å². The van der Waals surface area contributed by atoms with Gasteiger partial charge in [-0.05, 0) is 40.3 Å². The number of benzene rings is 2. The van der Waals surface area contributed by atoms with Gasteiger partial charge in [0.2, 0.25) is 0 Å². The summed E-state index contributed by atoms with van der Waals surface area (Å²) in [7, 11) is 3.10. The standard InChI is InChI=1S/C18H22O3/c1-18(2,10-9-17(19)21-4)15-7-5-14-12-16(20-3)8-6-13(14)11-15/h5-8,11-12H,9-10H2,1-4H3. The third kappa shape index (κ3) is 3.54. The molecule has 2 rings (SSSR count). The topological polar surface area (TPSA) is 35.5 Å². The number of hydrogen-bond acceptors (Lipinski definition) is 3. The maximum Gasteiger partial charge on any atom is 0.305 e. The monoisotopic (exact) mass is 286 g/mol. The molecule has 0 aliphatic heterocycles. The molecule has 0 fully saturated rings. The Kier molecular flexibility index (Phi) is 4.51. The number of ether oxygens (including phenoxy) is 2. The zero-order valence-corrected chi connectivity index (χ0v) is 13.1. The summed E-state index contributed by atoms with van der Waals surface area (Å²) in [5.74, 6) is 0.703. The minimum Gasteiger partial charge on any atom is -0.497 e. The number of hydrogen-bond donors (Lipinski definition) is 0. The number of rotatable bonds is 5. The van der Waals surface area contributed by atoms with Crippen LogP contribution in [0.4, 0.5) is 0 Å². The van der Waals surface area contributed by atoms with Crippen LogP contribution in [0, 0.1) is 0 Å². The highest BCUT2D eigenvalue weighted by atomic mass is 16.5. The molecule has 0 aromatic heterocycles. The van der Waals surface area contributed by atoms with E-state index >= 15 is 0 Å². The van der Waals surface area contributed by atoms with E-state index in [-0.39, 0.29) is 11.4 Å². The molecular formula is C18H22O3. The van der Waals surface area contributed by atoms with Gasteiger partial charge in [-0.25, -0.2) is 0 Å². The van der Waals surface area contributed by atoms with Crippen molar-refractivity contribution >= 4 is 16.7 Å². The van der Waals surface area contributed by atoms with Crippen LogP contribution in [0.25, 0.3) is 10.8 Å². The second-order valence-corrected chi connectivity index (χ2v) is 5.89. The van der Waals surface area contributed by atoms with Gasteiger partial charge in [0.15, 0.2) is 0 Å². The molecular weight excluding hydrogens is 264 g/mol. The highest BCUT2D eigenvalue weighted by Gasteiger charge is 2.22. The lowest BCUT2D eigenvalue weighted by Crippen LogP contribution is -2.19. The molecule has 0 aliphatic rings. The third-order valence-electron chi connectivity index (χ3n) is 4.01. The van der Waals surface area contributed by atoms with Crippen molar-refractivity contribution in [2.75, 3.05) is 14.2 Å². The molecule has 0 bridgehead atoms. The van der Waals surface area contributed by atoms with Gasteiger partial charge in [-0.3, -0.25) is 4.79 Å². The molecule has 0 atom stereocenters. The predicted octanol–water partition coefficient (Wildman–Crippen LogP) is 4.08. The molecule has 0 aliphatic carbocycles. The Bertz CT molecular complexity index is 644. The molecule has 0 saturated heterocycles. The van der Waals surface area contributed by atoms with Crippen LogP contribution in [0.3, 0.4) is 0 Å². The Morgan fingerprint density at radius 3 is 2.38 bits per heavy atom. The Morgan fingerprint density at radius 2 is 1.71 bits per heavy atom. The van der Waals surface area contributed by atoms with Crippen LogP contribution >= 0.6 is 0 Å². The zero-order chi connectivity index (χ0) is 15.5. The smallest absolute Gasteiger partial charge is 0.305 e. The van der Waals surface area contributed by atoms with Gasteiger partial charge in [0.1, 0.15) is 5.75 Å². The van der Waals surface area contributed by atoms with E-state index in [1.165, 1.54) is 18.1 Å². The second kappa shape index (κ2) is 6.17. The summed E-state index contributed by atoms with van der Waals surface area (Å²) in [6.45, 7) is 4.31. The van der Waals surface area contributed by atoms with Crippen molar-refractivity contribution in [2.24, 2.45) is 0 Å². The first kappa shape index (κ1) is 15.4. The molecule has 3 heteroatoms. The Balaban J connectivity index is 2.27. The van der Waals surface area contributed by atoms with Gasteiger partial charge >= 0.3 is 5.97 Å². The van der Waals surface area contributed by atoms with Crippen molar-refractivity contribution in [3.05, 3.63) is 42.0 Å². The molecule has 0 unspecified atom stereocenters. The molecule has 0 N–H and O–H groups in total. The van der Waals surface area contributed by atoms with Crippen LogP contribution in [0.2, 0.25) is 0 Å². The summed E-state index contributed by atoms with van der Waals surface area (Å²) in [5, 5.41) is 2.33. The summed E-state index contributed by atoms with van der Waals surface area (Å²) < 4.78 is 9.97. The normalized spacial score (nSPS) is 11.4. The fourth-order valence-corrected chi connectivity index (χ4v) is 2.43. The van der Waals surface area contributed by atoms with E-state index in [4.69, 9.17) is 9.47 Å². The first-order valence-corrected chi connectivity index (χ1v) is 7.11. The van der Waals surface area contributed by atoms with Crippen molar-refractivity contribution in [3.8, 4) is 5.75 Å². The van der Waals surface area contributed by atoms with Gasteiger partial charge in [0, 0.05) is 6.42 Å². The number of fused-ring (bicyclic) bond motifs is 1. The molecule has 0 saturated carbocycles. The quantitative estimate of drug-likeness (QED) is 0.777. The van der Waals surface area contributed by atoms with Gasteiger partial charge in [-0.2, -0.15) is 0 Å². The average molecular weight is 286 g/mol. The van der Waals surface area contributed by atoms with E-state index in [0.29, 0.717) is 6.42 Å². The van der Waals surface area contributed by atoms with Gasteiger partial charge in [-0.1, -0.05) is 38.1 Å². The minimum atomic E-state index is -0.159. The Morgan fingerprint density at radius 1 is 1.05 bits per heavy atom. The lowest BCUT2D eigenvalue weighted by Gasteiger charge is -2.25. The first-order valence-electron chi connectivity index (χ1n) is 7.11. The molecule has 2 aromatic rings. The number of carbonyl (C=O) groups excluding carboxylic acids is 1. The van der Waals surface area contributed by atoms with Crippen molar-refractivity contribution < 1.29 is 14.3 Å². The van der Waals surface area contributed by atoms with Gasteiger partial charge < -0.3 is 9.47 Å². The van der Waals surface area contributed by atoms with Gasteiger partial charge in [0.25, 0.3) is 0 Å². The molecule has 21 heavy (non-hydrogen) atoms. The fraction of sp³-hybridized carbons (Fsp3) is 0.389. The highest BCUT2D eigenvalue weighted by molar-refractivity contribution is 5.84. The van der Waals surface area contributed by atoms with E-state index < -0.39 is 0 Å². The highest BCUT2D eigenvalue weighted by Crippen LogP contribution is 2.31. The predicted molar refractivity (Wildman–Crippen MR) is 84.8 cm³/mol. The van der Waals surface area contributed by atoms with E-state index in [9.17, 15) is 4.79 Å². The van der Waals surface area contributed by atoms with Crippen LogP contribution in [0.15, 0.2) is 36.4 Å². The zero-order valence-electron chi connectivity index (χ0n) is 13.1. The Labute approximate surface area is 125 Å². The van der Waals surface area contributed by atoms with Crippen LogP contribution in [-0.2, 0) is 14.9 Å². The minimum absolute atomic E-state index is 0.0672. The number of esters is 1. The van der Waals surface area contributed by atoms with Crippen LogP contribution < -0.4 is 4.74 Å². The lowest BCUT2D eigenvalue weighted by atomic mass is 9.80. The van der Waals surface area contributed by atoms with Crippen molar-refractivity contribution in [1.29, 1.82) is 0 Å². The van der Waals surface area contributed by atoms with E-state index in [1.807, 2.05) is 12.1 Å². The molecule has 0 amide bonds. The maximum atomic E-state index is 11.3. The third-order valence-corrected chi connectivity index (χ3v) is 4.01. The maximum absolute atomic E-state index is 11.3. The Hall–Kier alpha value is -2.03. The molecule has 0 spiro atoms. The molecule has 3 nitrogen and oxygen atoms in total. The number of methoxy groups -OCH3 is 2. The largest absolute Gasteiger partial charge is 0.497 e. The first-order chi connectivity index (χ1) is 9.96. The van der Waals surface area contributed by atoms with E-state index in [0.717, 1.165) is 17.6 Å². The van der Waals surface area contributed by atoms with Crippen molar-refractivity contribution in [1.82, 2.24) is 0 Å². The SMILES string of the molecule is COC(=O)CCC(C)(C)c1ccc2cc(OC)ccc2c1. The summed E-state index contributed by atoms with van der Waals surface area (Å²) in [4.78, 5) is 11.3. The van der Waals surface area contributed by atoms with Crippen molar-refractivity contribution in [3.63, 3.8) is 0 Å². The van der Waals surface area contributed by atoms with E-state index in [2.05, 4.69) is 38.1 Å². The molecule has 112 valence electrons. The average Bonchev–Trinajstić information content (AvgIpc) is 2.51. The van der Waals surface area contributed by atoms with Crippen LogP contribution in [-0.4, -0.2) is 20.2 Å². The van der Waals surface area contributed by atoms with Gasteiger partial charge in [0.05, 0.1) is 14.2 Å². The summed E-state index contributed by atoms with van der Waals surface area (Å²) >= 11 is 0. The van der Waals surface area contributed by atoms with Gasteiger partial charge in [-0.15, -0.1) is 0 Å². The number of carbonyl (C=O) groups is 1. The molecule has 0 heterocycles. The summed E-state index contributed by atoms with van der Waals surface area (Å²) in [6, 6.07) is 12.5. The second-order valence-electron chi connectivity index (χ2n) is 5.89. The van der Waals surface area contributed by atoms with Crippen molar-refractivity contribution in [2.45, 2.75) is 32.1 Å². The summed E-state index contributed by atoms with van der Waals surface area (Å²) in [6.07, 6.45) is 1.20. The van der Waals surface area contributed by atoms with E-state index in [1.54, 1.807) is 7.11 Å².